The first-order valence-electron chi connectivity index (χ1n) is 9.86. The van der Waals surface area contributed by atoms with Gasteiger partial charge in [0.15, 0.2) is 11.0 Å². The molecule has 32 heavy (non-hydrogen) atoms. The van der Waals surface area contributed by atoms with Gasteiger partial charge >= 0.3 is 0 Å². The standard InChI is InChI=1S/C23H21ClN4O3S/c1-30-19-8-3-6-17(12-19)22-26-27-23(28(22)14-20-9-4-10-31-20)32-15-21(29)25-13-16-5-2-7-18(24)11-16/h2-12H,13-15H2,1H3,(H,25,29). The summed E-state index contributed by atoms with van der Waals surface area (Å²) in [7, 11) is 1.62. The number of carbonyl (C=O) groups excluding carboxylic acids is 1. The third-order valence-electron chi connectivity index (χ3n) is 4.65. The van der Waals surface area contributed by atoms with E-state index < -0.39 is 0 Å². The molecule has 0 unspecified atom stereocenters. The Bertz CT molecular complexity index is 1190. The maximum Gasteiger partial charge on any atom is 0.230 e. The third-order valence-corrected chi connectivity index (χ3v) is 5.85. The van der Waals surface area contributed by atoms with Crippen LogP contribution in [-0.2, 0) is 17.9 Å². The Labute approximate surface area is 194 Å². The molecule has 2 aromatic carbocycles. The second-order valence-corrected chi connectivity index (χ2v) is 8.28. The van der Waals surface area contributed by atoms with E-state index in [2.05, 4.69) is 15.5 Å². The van der Waals surface area contributed by atoms with Crippen LogP contribution in [0.1, 0.15) is 11.3 Å². The van der Waals surface area contributed by atoms with E-state index >= 15 is 0 Å². The number of benzene rings is 2. The van der Waals surface area contributed by atoms with Gasteiger partial charge in [0.1, 0.15) is 11.5 Å². The van der Waals surface area contributed by atoms with Crippen molar-refractivity contribution < 1.29 is 13.9 Å². The second kappa shape index (κ2) is 10.4. The molecule has 0 saturated carbocycles. The lowest BCUT2D eigenvalue weighted by Gasteiger charge is -2.10. The van der Waals surface area contributed by atoms with Crippen LogP contribution in [0.2, 0.25) is 5.02 Å². The number of nitrogens with one attached hydrogen (secondary N) is 1. The van der Waals surface area contributed by atoms with Crippen molar-refractivity contribution in [1.29, 1.82) is 0 Å². The van der Waals surface area contributed by atoms with E-state index in [4.69, 9.17) is 20.8 Å². The number of nitrogens with zero attached hydrogens (tertiary/aromatic N) is 3. The number of furan rings is 1. The van der Waals surface area contributed by atoms with Crippen molar-refractivity contribution in [2.75, 3.05) is 12.9 Å². The number of methoxy groups -OCH3 is 1. The van der Waals surface area contributed by atoms with Crippen LogP contribution in [0.4, 0.5) is 0 Å². The first-order valence-corrected chi connectivity index (χ1v) is 11.2. The predicted molar refractivity (Wildman–Crippen MR) is 124 cm³/mol. The fourth-order valence-corrected chi connectivity index (χ4v) is 4.08. The van der Waals surface area contributed by atoms with Crippen LogP contribution >= 0.6 is 23.4 Å². The molecule has 0 spiro atoms. The Morgan fingerprint density at radius 3 is 2.81 bits per heavy atom. The zero-order valence-corrected chi connectivity index (χ0v) is 18.9. The highest BCUT2D eigenvalue weighted by atomic mass is 35.5. The van der Waals surface area contributed by atoms with E-state index in [-0.39, 0.29) is 11.7 Å². The summed E-state index contributed by atoms with van der Waals surface area (Å²) < 4.78 is 12.8. The average molecular weight is 469 g/mol. The van der Waals surface area contributed by atoms with Gasteiger partial charge in [0, 0.05) is 17.1 Å². The molecular weight excluding hydrogens is 448 g/mol. The van der Waals surface area contributed by atoms with Crippen molar-refractivity contribution in [2.45, 2.75) is 18.2 Å². The molecule has 0 aliphatic rings. The van der Waals surface area contributed by atoms with Crippen LogP contribution in [0.3, 0.4) is 0 Å². The van der Waals surface area contributed by atoms with Crippen molar-refractivity contribution in [2.24, 2.45) is 0 Å². The predicted octanol–water partition coefficient (Wildman–Crippen LogP) is 4.66. The van der Waals surface area contributed by atoms with Crippen LogP contribution in [0.25, 0.3) is 11.4 Å². The molecule has 2 aromatic heterocycles. The highest BCUT2D eigenvalue weighted by Gasteiger charge is 2.17. The molecule has 4 rings (SSSR count). The molecule has 0 aliphatic carbocycles. The number of amides is 1. The number of halogens is 1. The van der Waals surface area contributed by atoms with Crippen LogP contribution < -0.4 is 10.1 Å². The fraction of sp³-hybridized carbons (Fsp3) is 0.174. The molecule has 0 radical (unpaired) electrons. The van der Waals surface area contributed by atoms with Crippen LogP contribution in [0, 0.1) is 0 Å². The van der Waals surface area contributed by atoms with Gasteiger partial charge in [-0.15, -0.1) is 10.2 Å². The summed E-state index contributed by atoms with van der Waals surface area (Å²) in [5.41, 5.74) is 1.80. The molecule has 4 aromatic rings. The summed E-state index contributed by atoms with van der Waals surface area (Å²) in [5, 5.41) is 12.9. The van der Waals surface area contributed by atoms with E-state index in [1.807, 2.05) is 59.2 Å². The lowest BCUT2D eigenvalue weighted by atomic mass is 10.2. The minimum absolute atomic E-state index is 0.106. The maximum atomic E-state index is 12.4. The van der Waals surface area contributed by atoms with Crippen LogP contribution in [-0.4, -0.2) is 33.5 Å². The molecule has 1 amide bonds. The Hall–Kier alpha value is -3.23. The first kappa shape index (κ1) is 22.0. The topological polar surface area (TPSA) is 82.2 Å². The Morgan fingerprint density at radius 2 is 2.03 bits per heavy atom. The van der Waals surface area contributed by atoms with E-state index in [9.17, 15) is 4.79 Å². The molecule has 1 N–H and O–H groups in total. The van der Waals surface area contributed by atoms with Gasteiger partial charge in [0.25, 0.3) is 0 Å². The summed E-state index contributed by atoms with van der Waals surface area (Å²) in [6.45, 7) is 0.854. The number of carbonyl (C=O) groups is 1. The number of ether oxygens (including phenoxy) is 1. The normalized spacial score (nSPS) is 10.8. The van der Waals surface area contributed by atoms with Gasteiger partial charge in [-0.25, -0.2) is 0 Å². The highest BCUT2D eigenvalue weighted by Crippen LogP contribution is 2.27. The van der Waals surface area contributed by atoms with Gasteiger partial charge in [-0.3, -0.25) is 9.36 Å². The summed E-state index contributed by atoms with van der Waals surface area (Å²) in [4.78, 5) is 12.4. The molecule has 9 heteroatoms. The fourth-order valence-electron chi connectivity index (χ4n) is 3.10. The van der Waals surface area contributed by atoms with Crippen molar-refractivity contribution in [3.05, 3.63) is 83.3 Å². The molecule has 0 saturated heterocycles. The number of hydrogen-bond donors (Lipinski definition) is 1. The minimum atomic E-state index is -0.106. The average Bonchev–Trinajstić information content (AvgIpc) is 3.47. The number of rotatable bonds is 9. The quantitative estimate of drug-likeness (QED) is 0.360. The van der Waals surface area contributed by atoms with Crippen molar-refractivity contribution in [3.8, 4) is 17.1 Å². The number of thioether (sulfide) groups is 1. The Morgan fingerprint density at radius 1 is 1.16 bits per heavy atom. The van der Waals surface area contributed by atoms with E-state index in [1.165, 1.54) is 11.8 Å². The van der Waals surface area contributed by atoms with Gasteiger partial charge in [-0.2, -0.15) is 0 Å². The zero-order valence-electron chi connectivity index (χ0n) is 17.3. The van der Waals surface area contributed by atoms with E-state index in [0.29, 0.717) is 29.1 Å². The third kappa shape index (κ3) is 5.52. The lowest BCUT2D eigenvalue weighted by molar-refractivity contribution is -0.118. The summed E-state index contributed by atoms with van der Waals surface area (Å²) >= 11 is 7.32. The number of hydrogen-bond acceptors (Lipinski definition) is 6. The minimum Gasteiger partial charge on any atom is -0.497 e. The SMILES string of the molecule is COc1cccc(-c2nnc(SCC(=O)NCc3cccc(Cl)c3)n2Cc2ccco2)c1. The van der Waals surface area contributed by atoms with Crippen molar-refractivity contribution in [1.82, 2.24) is 20.1 Å². The summed E-state index contributed by atoms with van der Waals surface area (Å²) in [6.07, 6.45) is 1.63. The summed E-state index contributed by atoms with van der Waals surface area (Å²) in [5.74, 6) is 2.26. The summed E-state index contributed by atoms with van der Waals surface area (Å²) in [6, 6.07) is 18.7. The largest absolute Gasteiger partial charge is 0.497 e. The van der Waals surface area contributed by atoms with Crippen molar-refractivity contribution in [3.63, 3.8) is 0 Å². The van der Waals surface area contributed by atoms with Gasteiger partial charge in [0.05, 0.1) is 25.7 Å². The molecule has 7 nitrogen and oxygen atoms in total. The van der Waals surface area contributed by atoms with Crippen LogP contribution in [0.15, 0.2) is 76.5 Å². The second-order valence-electron chi connectivity index (χ2n) is 6.90. The van der Waals surface area contributed by atoms with Gasteiger partial charge < -0.3 is 14.5 Å². The van der Waals surface area contributed by atoms with E-state index in [1.54, 1.807) is 19.4 Å². The molecule has 0 atom stereocenters. The maximum absolute atomic E-state index is 12.4. The van der Waals surface area contributed by atoms with Crippen molar-refractivity contribution >= 4 is 29.3 Å². The first-order chi connectivity index (χ1) is 15.6. The monoisotopic (exact) mass is 468 g/mol. The molecule has 2 heterocycles. The molecular formula is C23H21ClN4O3S. The van der Waals surface area contributed by atoms with E-state index in [0.717, 1.165) is 22.6 Å². The zero-order chi connectivity index (χ0) is 22.3. The van der Waals surface area contributed by atoms with Gasteiger partial charge in [-0.1, -0.05) is 47.6 Å². The molecule has 164 valence electrons. The lowest BCUT2D eigenvalue weighted by Crippen LogP contribution is -2.24. The van der Waals surface area contributed by atoms with Crippen LogP contribution in [0.5, 0.6) is 5.75 Å². The Balaban J connectivity index is 1.48. The molecule has 0 aliphatic heterocycles. The van der Waals surface area contributed by atoms with Gasteiger partial charge in [0.2, 0.25) is 5.91 Å². The smallest absolute Gasteiger partial charge is 0.230 e. The van der Waals surface area contributed by atoms with Gasteiger partial charge in [-0.05, 0) is 42.0 Å². The molecule has 0 fully saturated rings. The molecule has 0 bridgehead atoms. The number of aromatic nitrogens is 3. The Kier molecular flexibility index (Phi) is 7.14. The highest BCUT2D eigenvalue weighted by molar-refractivity contribution is 7.99.